The highest BCUT2D eigenvalue weighted by molar-refractivity contribution is 6.08. The molecule has 0 aliphatic carbocycles. The lowest BCUT2D eigenvalue weighted by Crippen LogP contribution is -2.34. The van der Waals surface area contributed by atoms with E-state index >= 15 is 0 Å². The van der Waals surface area contributed by atoms with E-state index in [0.717, 1.165) is 6.07 Å². The average molecular weight is 495 g/mol. The number of hydrogen-bond acceptors (Lipinski definition) is 7. The number of benzene rings is 1. The molecule has 3 aromatic heterocycles. The lowest BCUT2D eigenvalue weighted by molar-refractivity contribution is -0.137. The molecule has 0 saturated carbocycles. The molecule has 184 valence electrons. The van der Waals surface area contributed by atoms with Crippen LogP contribution < -0.4 is 11.5 Å². The van der Waals surface area contributed by atoms with Gasteiger partial charge in [-0.2, -0.15) is 13.2 Å². The normalized spacial score (nSPS) is 12.3. The monoisotopic (exact) mass is 495 g/mol. The Morgan fingerprint density at radius 2 is 1.78 bits per heavy atom. The molecule has 3 heterocycles. The van der Waals surface area contributed by atoms with Crippen molar-refractivity contribution in [1.29, 1.82) is 0 Å². The number of rotatable bonds is 6. The molecule has 4 aromatic rings. The zero-order valence-electron chi connectivity index (χ0n) is 18.9. The molecule has 0 radical (unpaired) electrons. The maximum absolute atomic E-state index is 13.7. The summed E-state index contributed by atoms with van der Waals surface area (Å²) in [5.74, 6) is -0.813. The molecule has 1 atom stereocenters. The van der Waals surface area contributed by atoms with Gasteiger partial charge in [-0.25, -0.2) is 15.0 Å². The van der Waals surface area contributed by atoms with Gasteiger partial charge in [0, 0.05) is 29.5 Å². The smallest absolute Gasteiger partial charge is 0.384 e. The molecular formula is C24H20F3N7O2. The Morgan fingerprint density at radius 3 is 2.39 bits per heavy atom. The molecule has 0 saturated heterocycles. The van der Waals surface area contributed by atoms with Crippen molar-refractivity contribution in [3.63, 3.8) is 0 Å². The lowest BCUT2D eigenvalue weighted by atomic mass is 10.0. The van der Waals surface area contributed by atoms with Gasteiger partial charge >= 0.3 is 6.18 Å². The van der Waals surface area contributed by atoms with Crippen LogP contribution in [0.5, 0.6) is 0 Å². The molecular weight excluding hydrogens is 475 g/mol. The fourth-order valence-electron chi connectivity index (χ4n) is 3.66. The topological polar surface area (TPSA) is 141 Å². The summed E-state index contributed by atoms with van der Waals surface area (Å²) in [6.07, 6.45) is -0.786. The molecule has 0 bridgehead atoms. The van der Waals surface area contributed by atoms with Gasteiger partial charge in [-0.3, -0.25) is 14.6 Å². The van der Waals surface area contributed by atoms with E-state index in [9.17, 15) is 22.8 Å². The Balaban J connectivity index is 1.75. The number of carbonyl (C=O) groups is 2. The molecule has 1 aromatic carbocycles. The Labute approximate surface area is 203 Å². The Kier molecular flexibility index (Phi) is 6.51. The van der Waals surface area contributed by atoms with E-state index in [-0.39, 0.29) is 29.2 Å². The minimum Gasteiger partial charge on any atom is -0.384 e. The predicted molar refractivity (Wildman–Crippen MR) is 124 cm³/mol. The van der Waals surface area contributed by atoms with E-state index in [4.69, 9.17) is 11.5 Å². The van der Waals surface area contributed by atoms with Crippen LogP contribution in [0.15, 0.2) is 61.1 Å². The molecule has 12 heteroatoms. The van der Waals surface area contributed by atoms with Crippen molar-refractivity contribution < 1.29 is 22.8 Å². The summed E-state index contributed by atoms with van der Waals surface area (Å²) in [4.78, 5) is 43.5. The van der Waals surface area contributed by atoms with E-state index in [2.05, 4.69) is 19.9 Å². The Bertz CT molecular complexity index is 1430. The van der Waals surface area contributed by atoms with Crippen LogP contribution in [0.2, 0.25) is 0 Å². The molecule has 0 aliphatic rings. The average Bonchev–Trinajstić information content (AvgIpc) is 2.86. The maximum atomic E-state index is 13.7. The third-order valence-electron chi connectivity index (χ3n) is 5.51. The zero-order chi connectivity index (χ0) is 26.0. The largest absolute Gasteiger partial charge is 0.417 e. The third-order valence-corrected chi connectivity index (χ3v) is 5.51. The molecule has 0 fully saturated rings. The Hall–Kier alpha value is -4.61. The van der Waals surface area contributed by atoms with Crippen molar-refractivity contribution in [3.8, 4) is 0 Å². The van der Waals surface area contributed by atoms with Gasteiger partial charge in [-0.1, -0.05) is 0 Å². The lowest BCUT2D eigenvalue weighted by Gasteiger charge is -2.28. The van der Waals surface area contributed by atoms with Gasteiger partial charge < -0.3 is 16.4 Å². The van der Waals surface area contributed by atoms with Crippen LogP contribution in [-0.4, -0.2) is 36.7 Å². The number of nitrogens with two attached hydrogens (primary N) is 2. The van der Waals surface area contributed by atoms with Crippen molar-refractivity contribution >= 4 is 28.5 Å². The van der Waals surface area contributed by atoms with Gasteiger partial charge in [-0.05, 0) is 49.4 Å². The van der Waals surface area contributed by atoms with Crippen molar-refractivity contribution in [1.82, 2.24) is 24.8 Å². The SMILES string of the molecule is CC(c1ncccn1)N(Cc1ccc(C(F)(F)F)cn1)C(=O)c1ccc2nc(N)cc(C(N)=O)c2c1. The van der Waals surface area contributed by atoms with Crippen LogP contribution in [0, 0.1) is 0 Å². The summed E-state index contributed by atoms with van der Waals surface area (Å²) in [6, 6.07) is 8.89. The van der Waals surface area contributed by atoms with E-state index in [1.54, 1.807) is 13.0 Å². The molecule has 9 nitrogen and oxygen atoms in total. The number of primary amides is 1. The summed E-state index contributed by atoms with van der Waals surface area (Å²) in [5, 5.41) is 0.332. The predicted octanol–water partition coefficient (Wildman–Crippen LogP) is 3.52. The van der Waals surface area contributed by atoms with Crippen molar-refractivity contribution in [3.05, 3.63) is 89.3 Å². The first kappa shape index (κ1) is 24.5. The van der Waals surface area contributed by atoms with E-state index in [1.807, 2.05) is 0 Å². The third kappa shape index (κ3) is 5.06. The second-order valence-electron chi connectivity index (χ2n) is 7.94. The number of nitrogens with zero attached hydrogens (tertiary/aromatic N) is 5. The minimum absolute atomic E-state index is 0.0974. The highest BCUT2D eigenvalue weighted by Gasteiger charge is 2.31. The molecule has 2 amide bonds. The number of alkyl halides is 3. The molecule has 0 spiro atoms. The number of amides is 2. The van der Waals surface area contributed by atoms with Crippen LogP contribution in [0.4, 0.5) is 19.0 Å². The highest BCUT2D eigenvalue weighted by atomic mass is 19.4. The summed E-state index contributed by atoms with van der Waals surface area (Å²) >= 11 is 0. The molecule has 4 N–H and O–H groups in total. The van der Waals surface area contributed by atoms with E-state index < -0.39 is 29.6 Å². The van der Waals surface area contributed by atoms with Gasteiger partial charge in [0.25, 0.3) is 5.91 Å². The van der Waals surface area contributed by atoms with Crippen molar-refractivity contribution in [2.45, 2.75) is 25.7 Å². The molecule has 36 heavy (non-hydrogen) atoms. The number of aromatic nitrogens is 4. The number of hydrogen-bond donors (Lipinski definition) is 2. The van der Waals surface area contributed by atoms with Crippen LogP contribution in [0.3, 0.4) is 0 Å². The number of halogens is 3. The number of anilines is 1. The number of pyridine rings is 2. The van der Waals surface area contributed by atoms with Gasteiger partial charge in [0.2, 0.25) is 5.91 Å². The first-order valence-corrected chi connectivity index (χ1v) is 10.6. The van der Waals surface area contributed by atoms with Gasteiger partial charge in [0.15, 0.2) is 0 Å². The zero-order valence-corrected chi connectivity index (χ0v) is 18.9. The van der Waals surface area contributed by atoms with Crippen LogP contribution in [0.1, 0.15) is 50.8 Å². The summed E-state index contributed by atoms with van der Waals surface area (Å²) in [6.45, 7) is 1.56. The number of fused-ring (bicyclic) bond motifs is 1. The molecule has 4 rings (SSSR count). The maximum Gasteiger partial charge on any atom is 0.417 e. The number of nitrogen functional groups attached to an aromatic ring is 1. The van der Waals surface area contributed by atoms with Crippen molar-refractivity contribution in [2.75, 3.05) is 5.73 Å². The van der Waals surface area contributed by atoms with E-state index in [1.165, 1.54) is 47.6 Å². The van der Waals surface area contributed by atoms with Crippen LogP contribution in [0.25, 0.3) is 10.9 Å². The highest BCUT2D eigenvalue weighted by Crippen LogP contribution is 2.29. The fourth-order valence-corrected chi connectivity index (χ4v) is 3.66. The molecule has 0 aliphatic heterocycles. The summed E-state index contributed by atoms with van der Waals surface area (Å²) in [5.41, 5.74) is 11.2. The fraction of sp³-hybridized carbons (Fsp3) is 0.167. The van der Waals surface area contributed by atoms with Crippen LogP contribution >= 0.6 is 0 Å². The first-order chi connectivity index (χ1) is 17.0. The number of carbonyl (C=O) groups excluding carboxylic acids is 2. The second-order valence-corrected chi connectivity index (χ2v) is 7.94. The van der Waals surface area contributed by atoms with Gasteiger partial charge in [-0.15, -0.1) is 0 Å². The van der Waals surface area contributed by atoms with Crippen molar-refractivity contribution in [2.24, 2.45) is 5.73 Å². The van der Waals surface area contributed by atoms with E-state index in [0.29, 0.717) is 22.9 Å². The quantitative estimate of drug-likeness (QED) is 0.417. The van der Waals surface area contributed by atoms with Gasteiger partial charge in [0.1, 0.15) is 11.6 Å². The van der Waals surface area contributed by atoms with Crippen LogP contribution in [-0.2, 0) is 12.7 Å². The Morgan fingerprint density at radius 1 is 1.06 bits per heavy atom. The minimum atomic E-state index is -4.53. The van der Waals surface area contributed by atoms with Gasteiger partial charge in [0.05, 0.1) is 34.9 Å². The molecule has 1 unspecified atom stereocenters. The first-order valence-electron chi connectivity index (χ1n) is 10.6. The summed E-state index contributed by atoms with van der Waals surface area (Å²) < 4.78 is 38.9. The second kappa shape index (κ2) is 9.56. The standard InChI is InChI=1S/C24H20F3N7O2/c1-13(22-30-7-2-8-31-22)34(12-16-5-4-15(11-32-16)24(25,26)27)23(36)14-3-6-19-17(9-14)18(21(29)35)10-20(28)33-19/h2-11,13H,12H2,1H3,(H2,28,33)(H2,29,35). The summed E-state index contributed by atoms with van der Waals surface area (Å²) in [7, 11) is 0.